The molecular weight excluding hydrogens is 228 g/mol. The van der Waals surface area contributed by atoms with Gasteiger partial charge in [0.25, 0.3) is 0 Å². The lowest BCUT2D eigenvalue weighted by atomic mass is 10.3. The maximum Gasteiger partial charge on any atom is 0.0427 e. The third kappa shape index (κ3) is 8.79. The largest absolute Gasteiger partial charge is 0.330 e. The third-order valence-electron chi connectivity index (χ3n) is 2.99. The Bertz CT molecular complexity index is 174. The molecule has 1 fully saturated rings. The molecule has 1 saturated heterocycles. The van der Waals surface area contributed by atoms with Crippen LogP contribution in [-0.4, -0.2) is 57.5 Å². The standard InChI is InChI=1S/C12H30N6/c13-5-3-8-14-6-1-2-7-15-9-4-10-16-18-12-11-17-18/h14-17H,1-13H2. The summed E-state index contributed by atoms with van der Waals surface area (Å²) in [4.78, 5) is 0. The van der Waals surface area contributed by atoms with Crippen LogP contribution in [0.2, 0.25) is 0 Å². The van der Waals surface area contributed by atoms with Crippen molar-refractivity contribution in [1.82, 2.24) is 26.6 Å². The van der Waals surface area contributed by atoms with Crippen LogP contribution in [0.4, 0.5) is 0 Å². The van der Waals surface area contributed by atoms with Gasteiger partial charge in [0.2, 0.25) is 0 Å². The van der Waals surface area contributed by atoms with Gasteiger partial charge in [-0.2, -0.15) is 5.12 Å². The molecule has 6 heteroatoms. The molecule has 1 aliphatic rings. The number of hydrogen-bond donors (Lipinski definition) is 5. The Kier molecular flexibility index (Phi) is 10.4. The molecule has 0 spiro atoms. The van der Waals surface area contributed by atoms with Gasteiger partial charge in [-0.05, 0) is 58.4 Å². The molecule has 6 nitrogen and oxygen atoms in total. The lowest BCUT2D eigenvalue weighted by molar-refractivity contribution is 0.0381. The van der Waals surface area contributed by atoms with Crippen molar-refractivity contribution >= 4 is 0 Å². The van der Waals surface area contributed by atoms with Gasteiger partial charge in [0, 0.05) is 19.6 Å². The number of unbranched alkanes of at least 4 members (excludes halogenated alkanes) is 1. The monoisotopic (exact) mass is 258 g/mol. The average molecular weight is 258 g/mol. The number of nitrogens with one attached hydrogen (secondary N) is 4. The van der Waals surface area contributed by atoms with Crippen molar-refractivity contribution in [2.45, 2.75) is 25.7 Å². The van der Waals surface area contributed by atoms with Crippen molar-refractivity contribution in [2.75, 3.05) is 52.4 Å². The summed E-state index contributed by atoms with van der Waals surface area (Å²) < 4.78 is 0. The zero-order valence-electron chi connectivity index (χ0n) is 11.5. The van der Waals surface area contributed by atoms with Crippen molar-refractivity contribution in [3.05, 3.63) is 0 Å². The second-order valence-electron chi connectivity index (χ2n) is 4.67. The van der Waals surface area contributed by atoms with Crippen LogP contribution in [0.15, 0.2) is 0 Å². The van der Waals surface area contributed by atoms with Crippen LogP contribution in [0.3, 0.4) is 0 Å². The Hall–Kier alpha value is -0.240. The van der Waals surface area contributed by atoms with Crippen LogP contribution in [0.1, 0.15) is 25.7 Å². The predicted octanol–water partition coefficient (Wildman–Crippen LogP) is -0.990. The Morgan fingerprint density at radius 1 is 0.889 bits per heavy atom. The summed E-state index contributed by atoms with van der Waals surface area (Å²) in [6.07, 6.45) is 4.74. The molecule has 0 radical (unpaired) electrons. The Balaban J connectivity index is 1.63. The molecule has 0 aromatic rings. The summed E-state index contributed by atoms with van der Waals surface area (Å²) in [6.45, 7) is 8.44. The van der Waals surface area contributed by atoms with E-state index < -0.39 is 0 Å². The number of hydrazine groups is 2. The van der Waals surface area contributed by atoms with Gasteiger partial charge < -0.3 is 16.4 Å². The van der Waals surface area contributed by atoms with Crippen LogP contribution >= 0.6 is 0 Å². The van der Waals surface area contributed by atoms with E-state index in [0.29, 0.717) is 0 Å². The molecule has 1 aliphatic heterocycles. The van der Waals surface area contributed by atoms with Gasteiger partial charge in [-0.15, -0.1) is 0 Å². The van der Waals surface area contributed by atoms with Crippen molar-refractivity contribution in [1.29, 1.82) is 0 Å². The van der Waals surface area contributed by atoms with E-state index in [9.17, 15) is 0 Å². The fourth-order valence-corrected chi connectivity index (χ4v) is 1.76. The maximum atomic E-state index is 5.42. The molecule has 0 aromatic carbocycles. The lowest BCUT2D eigenvalue weighted by Crippen LogP contribution is -2.60. The first-order valence-corrected chi connectivity index (χ1v) is 7.29. The van der Waals surface area contributed by atoms with E-state index in [4.69, 9.17) is 5.73 Å². The first-order chi connectivity index (χ1) is 8.93. The minimum absolute atomic E-state index is 0.787. The molecule has 1 heterocycles. The van der Waals surface area contributed by atoms with Gasteiger partial charge in [0.1, 0.15) is 0 Å². The van der Waals surface area contributed by atoms with Gasteiger partial charge in [0.05, 0.1) is 0 Å². The van der Waals surface area contributed by atoms with Crippen molar-refractivity contribution in [3.8, 4) is 0 Å². The first kappa shape index (κ1) is 15.8. The van der Waals surface area contributed by atoms with Gasteiger partial charge in [0.15, 0.2) is 0 Å². The van der Waals surface area contributed by atoms with Crippen LogP contribution in [-0.2, 0) is 0 Å². The van der Waals surface area contributed by atoms with Crippen molar-refractivity contribution in [3.63, 3.8) is 0 Å². The summed E-state index contributed by atoms with van der Waals surface area (Å²) in [5.41, 5.74) is 11.9. The molecule has 0 amide bonds. The topological polar surface area (TPSA) is 77.4 Å². The molecule has 0 unspecified atom stereocenters. The van der Waals surface area contributed by atoms with Gasteiger partial charge >= 0.3 is 0 Å². The first-order valence-electron chi connectivity index (χ1n) is 7.29. The summed E-state index contributed by atoms with van der Waals surface area (Å²) in [7, 11) is 0. The molecule has 1 rings (SSSR count). The molecule has 0 aliphatic carbocycles. The van der Waals surface area contributed by atoms with Crippen molar-refractivity contribution < 1.29 is 0 Å². The highest BCUT2D eigenvalue weighted by Crippen LogP contribution is 1.87. The highest BCUT2D eigenvalue weighted by Gasteiger charge is 2.10. The Labute approximate surface area is 111 Å². The quantitative estimate of drug-likeness (QED) is 0.273. The highest BCUT2D eigenvalue weighted by molar-refractivity contribution is 4.59. The van der Waals surface area contributed by atoms with E-state index in [1.165, 1.54) is 19.3 Å². The van der Waals surface area contributed by atoms with E-state index in [0.717, 1.165) is 58.8 Å². The average Bonchev–Trinajstić information content (AvgIpc) is 2.33. The maximum absolute atomic E-state index is 5.42. The van der Waals surface area contributed by atoms with E-state index >= 15 is 0 Å². The van der Waals surface area contributed by atoms with E-state index in [-0.39, 0.29) is 0 Å². The van der Waals surface area contributed by atoms with Crippen LogP contribution in [0, 0.1) is 0 Å². The lowest BCUT2D eigenvalue weighted by Gasteiger charge is -2.32. The van der Waals surface area contributed by atoms with Gasteiger partial charge in [-0.1, -0.05) is 0 Å². The Morgan fingerprint density at radius 3 is 2.06 bits per heavy atom. The summed E-state index contributed by atoms with van der Waals surface area (Å²) in [5, 5.41) is 8.91. The molecule has 0 bridgehead atoms. The molecular formula is C12H30N6. The normalized spacial score (nSPS) is 15.8. The van der Waals surface area contributed by atoms with E-state index in [1.807, 2.05) is 5.12 Å². The second kappa shape index (κ2) is 11.8. The molecule has 6 N–H and O–H groups in total. The van der Waals surface area contributed by atoms with E-state index in [1.54, 1.807) is 0 Å². The fourth-order valence-electron chi connectivity index (χ4n) is 1.76. The predicted molar refractivity (Wildman–Crippen MR) is 76.0 cm³/mol. The molecule has 108 valence electrons. The molecule has 0 saturated carbocycles. The van der Waals surface area contributed by atoms with E-state index in [2.05, 4.69) is 21.5 Å². The summed E-state index contributed by atoms with van der Waals surface area (Å²) in [6, 6.07) is 0. The minimum Gasteiger partial charge on any atom is -0.330 e. The summed E-state index contributed by atoms with van der Waals surface area (Å²) in [5.74, 6) is 0. The zero-order valence-corrected chi connectivity index (χ0v) is 11.5. The smallest absolute Gasteiger partial charge is 0.0427 e. The number of rotatable bonds is 13. The summed E-state index contributed by atoms with van der Waals surface area (Å²) >= 11 is 0. The Morgan fingerprint density at radius 2 is 1.50 bits per heavy atom. The molecule has 0 aromatic heterocycles. The van der Waals surface area contributed by atoms with Crippen LogP contribution in [0.5, 0.6) is 0 Å². The minimum atomic E-state index is 0.787. The second-order valence-corrected chi connectivity index (χ2v) is 4.67. The molecule has 18 heavy (non-hydrogen) atoms. The van der Waals surface area contributed by atoms with Crippen LogP contribution in [0.25, 0.3) is 0 Å². The van der Waals surface area contributed by atoms with Crippen LogP contribution < -0.4 is 27.2 Å². The fraction of sp³-hybridized carbons (Fsp3) is 1.00. The van der Waals surface area contributed by atoms with Gasteiger partial charge in [-0.3, -0.25) is 0 Å². The third-order valence-corrected chi connectivity index (χ3v) is 2.99. The highest BCUT2D eigenvalue weighted by atomic mass is 15.8. The number of hydrogen-bond acceptors (Lipinski definition) is 6. The SMILES string of the molecule is NCCCNCCCCNCCCNN1CCN1. The molecule has 0 atom stereocenters. The zero-order chi connectivity index (χ0) is 12.9. The van der Waals surface area contributed by atoms with Gasteiger partial charge in [-0.25, -0.2) is 10.9 Å². The number of nitrogens with two attached hydrogens (primary N) is 1. The number of nitrogens with zero attached hydrogens (tertiary/aromatic N) is 1. The van der Waals surface area contributed by atoms with Crippen molar-refractivity contribution in [2.24, 2.45) is 5.73 Å².